The predicted molar refractivity (Wildman–Crippen MR) is 90.2 cm³/mol. The number of benzene rings is 2. The highest BCUT2D eigenvalue weighted by atomic mass is 35.5. The topological polar surface area (TPSA) is 51.2 Å². The van der Waals surface area contributed by atoms with E-state index in [2.05, 4.69) is 10.3 Å². The molecule has 0 radical (unpaired) electrons. The van der Waals surface area contributed by atoms with E-state index < -0.39 is 0 Å². The number of carbonyl (C=O) groups excluding carboxylic acids is 1. The Morgan fingerprint density at radius 1 is 0.913 bits per heavy atom. The quantitative estimate of drug-likeness (QED) is 0.751. The van der Waals surface area contributed by atoms with E-state index >= 15 is 0 Å². The van der Waals surface area contributed by atoms with Gasteiger partial charge >= 0.3 is 0 Å². The van der Waals surface area contributed by atoms with Gasteiger partial charge in [-0.15, -0.1) is 0 Å². The van der Waals surface area contributed by atoms with Crippen molar-refractivity contribution in [3.05, 3.63) is 83.4 Å². The fourth-order valence-electron chi connectivity index (χ4n) is 1.98. The van der Waals surface area contributed by atoms with Crippen LogP contribution in [-0.2, 0) is 0 Å². The number of hydrogen-bond acceptors (Lipinski definition) is 3. The highest BCUT2D eigenvalue weighted by Gasteiger charge is 2.10. The maximum Gasteiger partial charge on any atom is 0.258 e. The largest absolute Gasteiger partial charge is 0.439 e. The summed E-state index contributed by atoms with van der Waals surface area (Å²) >= 11 is 6.02. The third kappa shape index (κ3) is 3.87. The van der Waals surface area contributed by atoms with E-state index in [0.29, 0.717) is 28.0 Å². The van der Waals surface area contributed by atoms with Crippen LogP contribution in [0.25, 0.3) is 0 Å². The Morgan fingerprint density at radius 2 is 1.65 bits per heavy atom. The molecular formula is C18H13ClN2O2. The Bertz CT molecular complexity index is 822. The lowest BCUT2D eigenvalue weighted by molar-refractivity contribution is 0.102. The molecule has 1 heterocycles. The van der Waals surface area contributed by atoms with Gasteiger partial charge in [0.25, 0.3) is 5.91 Å². The van der Waals surface area contributed by atoms with Crippen LogP contribution in [0.4, 0.5) is 5.82 Å². The van der Waals surface area contributed by atoms with Crippen molar-refractivity contribution < 1.29 is 9.53 Å². The number of hydrogen-bond donors (Lipinski definition) is 1. The van der Waals surface area contributed by atoms with Crippen molar-refractivity contribution in [1.82, 2.24) is 4.98 Å². The molecular weight excluding hydrogens is 312 g/mol. The molecule has 1 aromatic heterocycles. The van der Waals surface area contributed by atoms with E-state index in [9.17, 15) is 4.79 Å². The average molecular weight is 325 g/mol. The highest BCUT2D eigenvalue weighted by molar-refractivity contribution is 6.34. The maximum absolute atomic E-state index is 12.2. The van der Waals surface area contributed by atoms with Crippen LogP contribution in [0.3, 0.4) is 0 Å². The van der Waals surface area contributed by atoms with Gasteiger partial charge in [-0.1, -0.05) is 48.0 Å². The second kappa shape index (κ2) is 6.94. The third-order valence-corrected chi connectivity index (χ3v) is 3.38. The molecule has 0 unspecified atom stereocenters. The lowest BCUT2D eigenvalue weighted by Crippen LogP contribution is -2.13. The number of nitrogens with zero attached hydrogens (tertiary/aromatic N) is 1. The summed E-state index contributed by atoms with van der Waals surface area (Å²) in [5.74, 6) is 1.14. The summed E-state index contributed by atoms with van der Waals surface area (Å²) in [5.41, 5.74) is 0.394. The monoisotopic (exact) mass is 324 g/mol. The van der Waals surface area contributed by atoms with E-state index in [-0.39, 0.29) is 5.91 Å². The first-order chi connectivity index (χ1) is 11.2. The molecule has 0 aliphatic heterocycles. The molecule has 0 spiro atoms. The molecule has 0 aliphatic rings. The van der Waals surface area contributed by atoms with E-state index in [0.717, 1.165) is 0 Å². The van der Waals surface area contributed by atoms with Gasteiger partial charge in [0.2, 0.25) is 5.88 Å². The third-order valence-electron chi connectivity index (χ3n) is 3.05. The Hall–Kier alpha value is -2.85. The molecule has 4 nitrogen and oxygen atoms in total. The zero-order chi connectivity index (χ0) is 16.1. The number of ether oxygens (including phenoxy) is 1. The predicted octanol–water partition coefficient (Wildman–Crippen LogP) is 4.78. The Kier molecular flexibility index (Phi) is 4.54. The van der Waals surface area contributed by atoms with Crippen molar-refractivity contribution >= 4 is 23.3 Å². The summed E-state index contributed by atoms with van der Waals surface area (Å²) in [6, 6.07) is 21.3. The number of pyridine rings is 1. The van der Waals surface area contributed by atoms with Crippen molar-refractivity contribution in [2.45, 2.75) is 0 Å². The highest BCUT2D eigenvalue weighted by Crippen LogP contribution is 2.21. The smallest absolute Gasteiger partial charge is 0.258 e. The number of halogens is 1. The molecule has 3 aromatic rings. The molecule has 0 saturated heterocycles. The molecule has 0 fully saturated rings. The minimum atomic E-state index is -0.319. The van der Waals surface area contributed by atoms with Crippen LogP contribution in [0.2, 0.25) is 5.02 Å². The number of rotatable bonds is 4. The van der Waals surface area contributed by atoms with Gasteiger partial charge in [-0.3, -0.25) is 4.79 Å². The summed E-state index contributed by atoms with van der Waals surface area (Å²) < 4.78 is 5.64. The Labute approximate surface area is 138 Å². The number of para-hydroxylation sites is 1. The number of carbonyl (C=O) groups is 1. The van der Waals surface area contributed by atoms with E-state index in [1.807, 2.05) is 30.3 Å². The second-order valence-electron chi connectivity index (χ2n) is 4.71. The van der Waals surface area contributed by atoms with Crippen LogP contribution in [-0.4, -0.2) is 10.9 Å². The number of aromatic nitrogens is 1. The van der Waals surface area contributed by atoms with Gasteiger partial charge < -0.3 is 10.1 Å². The maximum atomic E-state index is 12.2. The molecule has 3 rings (SSSR count). The summed E-state index contributed by atoms with van der Waals surface area (Å²) in [6.45, 7) is 0. The zero-order valence-electron chi connectivity index (χ0n) is 12.1. The fourth-order valence-corrected chi connectivity index (χ4v) is 2.20. The normalized spacial score (nSPS) is 10.1. The summed E-state index contributed by atoms with van der Waals surface area (Å²) in [4.78, 5) is 16.5. The number of anilines is 1. The molecule has 0 atom stereocenters. The molecule has 114 valence electrons. The second-order valence-corrected chi connectivity index (χ2v) is 5.12. The number of amides is 1. The molecule has 23 heavy (non-hydrogen) atoms. The van der Waals surface area contributed by atoms with Crippen LogP contribution in [0.1, 0.15) is 10.4 Å². The van der Waals surface area contributed by atoms with E-state index in [4.69, 9.17) is 16.3 Å². The van der Waals surface area contributed by atoms with Gasteiger partial charge in [-0.25, -0.2) is 0 Å². The molecule has 1 amide bonds. The molecule has 1 N–H and O–H groups in total. The lowest BCUT2D eigenvalue weighted by atomic mass is 10.2. The van der Waals surface area contributed by atoms with Crippen molar-refractivity contribution in [3.63, 3.8) is 0 Å². The van der Waals surface area contributed by atoms with Crippen molar-refractivity contribution in [2.75, 3.05) is 5.32 Å². The van der Waals surface area contributed by atoms with Crippen molar-refractivity contribution in [1.29, 1.82) is 0 Å². The molecule has 0 aliphatic carbocycles. The molecule has 5 heteroatoms. The van der Waals surface area contributed by atoms with Crippen LogP contribution >= 0.6 is 11.6 Å². The zero-order valence-corrected chi connectivity index (χ0v) is 12.8. The minimum absolute atomic E-state index is 0.319. The lowest BCUT2D eigenvalue weighted by Gasteiger charge is -2.08. The minimum Gasteiger partial charge on any atom is -0.439 e. The van der Waals surface area contributed by atoms with Gasteiger partial charge in [0, 0.05) is 6.07 Å². The van der Waals surface area contributed by atoms with Crippen LogP contribution in [0, 0.1) is 0 Å². The van der Waals surface area contributed by atoms with Crippen LogP contribution in [0.15, 0.2) is 72.8 Å². The Balaban J connectivity index is 1.75. The van der Waals surface area contributed by atoms with Crippen LogP contribution in [0.5, 0.6) is 11.6 Å². The average Bonchev–Trinajstić information content (AvgIpc) is 2.56. The van der Waals surface area contributed by atoms with Gasteiger partial charge in [0.05, 0.1) is 10.6 Å². The SMILES string of the molecule is O=C(Nc1cccc(Oc2ccccc2)n1)c1ccccc1Cl. The first kappa shape index (κ1) is 15.1. The first-order valence-electron chi connectivity index (χ1n) is 6.98. The van der Waals surface area contributed by atoms with Gasteiger partial charge in [-0.05, 0) is 30.3 Å². The van der Waals surface area contributed by atoms with Gasteiger partial charge in [0.1, 0.15) is 11.6 Å². The fraction of sp³-hybridized carbons (Fsp3) is 0. The van der Waals surface area contributed by atoms with E-state index in [1.54, 1.807) is 42.5 Å². The van der Waals surface area contributed by atoms with Crippen molar-refractivity contribution in [2.24, 2.45) is 0 Å². The summed E-state index contributed by atoms with van der Waals surface area (Å²) in [6.07, 6.45) is 0. The van der Waals surface area contributed by atoms with E-state index in [1.165, 1.54) is 0 Å². The summed E-state index contributed by atoms with van der Waals surface area (Å²) in [7, 11) is 0. The molecule has 0 saturated carbocycles. The summed E-state index contributed by atoms with van der Waals surface area (Å²) in [5, 5.41) is 3.10. The van der Waals surface area contributed by atoms with Gasteiger partial charge in [-0.2, -0.15) is 4.98 Å². The van der Waals surface area contributed by atoms with Gasteiger partial charge in [0.15, 0.2) is 0 Å². The molecule has 2 aromatic carbocycles. The number of nitrogens with one attached hydrogen (secondary N) is 1. The first-order valence-corrected chi connectivity index (χ1v) is 7.36. The molecule has 0 bridgehead atoms. The Morgan fingerprint density at radius 3 is 2.43 bits per heavy atom. The standard InChI is InChI=1S/C18H13ClN2O2/c19-15-10-5-4-9-14(15)18(22)21-16-11-6-12-17(20-16)23-13-7-2-1-3-8-13/h1-12H,(H,20,21,22). The van der Waals surface area contributed by atoms with Crippen LogP contribution < -0.4 is 10.1 Å². The van der Waals surface area contributed by atoms with Crippen molar-refractivity contribution in [3.8, 4) is 11.6 Å².